The molecule has 88 valence electrons. The molecule has 5 heteroatoms. The smallest absolute Gasteiger partial charge is 0.251 e. The van der Waals surface area contributed by atoms with Crippen LogP contribution in [-0.2, 0) is 0 Å². The number of rotatable bonds is 4. The topological polar surface area (TPSA) is 78.6 Å². The lowest BCUT2D eigenvalue weighted by Gasteiger charge is -2.20. The van der Waals surface area contributed by atoms with Crippen molar-refractivity contribution in [3.05, 3.63) is 23.8 Å². The number of hydrogen-bond acceptors (Lipinski definition) is 4. The van der Waals surface area contributed by atoms with Gasteiger partial charge in [0.1, 0.15) is 0 Å². The number of likely N-dealkylation sites (N-methyl/N-ethyl adjacent to an activating group) is 1. The van der Waals surface area contributed by atoms with Crippen molar-refractivity contribution in [1.82, 2.24) is 5.32 Å². The van der Waals surface area contributed by atoms with Gasteiger partial charge in [-0.2, -0.15) is 0 Å². The van der Waals surface area contributed by atoms with E-state index < -0.39 is 0 Å². The van der Waals surface area contributed by atoms with Crippen LogP contribution in [0.15, 0.2) is 18.2 Å². The lowest BCUT2D eigenvalue weighted by atomic mass is 10.1. The molecule has 0 bridgehead atoms. The quantitative estimate of drug-likeness (QED) is 0.631. The number of aliphatic hydroxyl groups is 1. The molecule has 5 nitrogen and oxygen atoms in total. The molecular formula is C11H17N3O2. The van der Waals surface area contributed by atoms with Crippen molar-refractivity contribution in [1.29, 1.82) is 0 Å². The highest BCUT2D eigenvalue weighted by Gasteiger charge is 2.08. The zero-order valence-corrected chi connectivity index (χ0v) is 9.53. The summed E-state index contributed by atoms with van der Waals surface area (Å²) in [6, 6.07) is 5.11. The highest BCUT2D eigenvalue weighted by molar-refractivity contribution is 5.95. The van der Waals surface area contributed by atoms with Gasteiger partial charge in [0.05, 0.1) is 18.0 Å². The second-order valence-corrected chi connectivity index (χ2v) is 3.50. The van der Waals surface area contributed by atoms with E-state index in [-0.39, 0.29) is 12.5 Å². The molecule has 1 aromatic carbocycles. The van der Waals surface area contributed by atoms with Gasteiger partial charge in [0, 0.05) is 26.2 Å². The molecule has 1 rings (SSSR count). The fraction of sp³-hybridized carbons (Fsp3) is 0.364. The van der Waals surface area contributed by atoms with Gasteiger partial charge in [-0.1, -0.05) is 0 Å². The summed E-state index contributed by atoms with van der Waals surface area (Å²) in [5.74, 6) is -0.164. The Morgan fingerprint density at radius 3 is 2.75 bits per heavy atom. The number of anilines is 2. The van der Waals surface area contributed by atoms with Gasteiger partial charge >= 0.3 is 0 Å². The maximum atomic E-state index is 11.4. The SMILES string of the molecule is CNC(=O)c1ccc(N(C)CCO)c(N)c1. The molecule has 0 saturated carbocycles. The minimum Gasteiger partial charge on any atom is -0.397 e. The number of nitrogens with one attached hydrogen (secondary N) is 1. The third-order valence-electron chi connectivity index (χ3n) is 2.36. The Kier molecular flexibility index (Phi) is 4.13. The highest BCUT2D eigenvalue weighted by atomic mass is 16.3. The molecule has 0 aliphatic rings. The normalized spacial score (nSPS) is 9.94. The van der Waals surface area contributed by atoms with E-state index in [0.717, 1.165) is 5.69 Å². The Hall–Kier alpha value is -1.75. The zero-order chi connectivity index (χ0) is 12.1. The Balaban J connectivity index is 2.95. The van der Waals surface area contributed by atoms with Crippen LogP contribution in [0.1, 0.15) is 10.4 Å². The van der Waals surface area contributed by atoms with E-state index in [1.54, 1.807) is 25.2 Å². The molecule has 1 amide bonds. The molecule has 0 aromatic heterocycles. The highest BCUT2D eigenvalue weighted by Crippen LogP contribution is 2.23. The Morgan fingerprint density at radius 1 is 1.56 bits per heavy atom. The molecule has 4 N–H and O–H groups in total. The molecule has 0 saturated heterocycles. The van der Waals surface area contributed by atoms with Crippen LogP contribution in [0.2, 0.25) is 0 Å². The van der Waals surface area contributed by atoms with Crippen molar-refractivity contribution < 1.29 is 9.90 Å². The van der Waals surface area contributed by atoms with Crippen molar-refractivity contribution in [3.63, 3.8) is 0 Å². The third kappa shape index (κ3) is 2.64. The van der Waals surface area contributed by atoms with Gasteiger partial charge in [0.15, 0.2) is 0 Å². The summed E-state index contributed by atoms with van der Waals surface area (Å²) in [7, 11) is 3.41. The first-order valence-corrected chi connectivity index (χ1v) is 5.03. The van der Waals surface area contributed by atoms with E-state index in [9.17, 15) is 4.79 Å². The largest absolute Gasteiger partial charge is 0.397 e. The number of aliphatic hydroxyl groups excluding tert-OH is 1. The number of carbonyl (C=O) groups is 1. The molecule has 0 atom stereocenters. The zero-order valence-electron chi connectivity index (χ0n) is 9.53. The second kappa shape index (κ2) is 5.37. The minimum absolute atomic E-state index is 0.0626. The monoisotopic (exact) mass is 223 g/mol. The minimum atomic E-state index is -0.164. The number of nitrogens with two attached hydrogens (primary N) is 1. The summed E-state index contributed by atoms with van der Waals surface area (Å²) in [5.41, 5.74) is 7.70. The van der Waals surface area contributed by atoms with Gasteiger partial charge in [-0.25, -0.2) is 0 Å². The molecular weight excluding hydrogens is 206 g/mol. The first-order chi connectivity index (χ1) is 7.60. The summed E-state index contributed by atoms with van der Waals surface area (Å²) >= 11 is 0. The van der Waals surface area contributed by atoms with Crippen LogP contribution < -0.4 is 16.0 Å². The van der Waals surface area contributed by atoms with Gasteiger partial charge in [0.25, 0.3) is 5.91 Å². The van der Waals surface area contributed by atoms with Crippen LogP contribution in [0.25, 0.3) is 0 Å². The van der Waals surface area contributed by atoms with Crippen molar-refractivity contribution in [2.45, 2.75) is 0 Å². The molecule has 0 aliphatic heterocycles. The van der Waals surface area contributed by atoms with E-state index in [0.29, 0.717) is 17.8 Å². The fourth-order valence-corrected chi connectivity index (χ4v) is 1.46. The van der Waals surface area contributed by atoms with E-state index in [4.69, 9.17) is 10.8 Å². The average molecular weight is 223 g/mol. The maximum absolute atomic E-state index is 11.4. The molecule has 0 aliphatic carbocycles. The van der Waals surface area contributed by atoms with E-state index in [2.05, 4.69) is 5.32 Å². The van der Waals surface area contributed by atoms with Crippen molar-refractivity contribution >= 4 is 17.3 Å². The summed E-state index contributed by atoms with van der Waals surface area (Å²) < 4.78 is 0. The lowest BCUT2D eigenvalue weighted by Crippen LogP contribution is -2.23. The van der Waals surface area contributed by atoms with E-state index >= 15 is 0 Å². The molecule has 0 radical (unpaired) electrons. The first kappa shape index (κ1) is 12.3. The predicted molar refractivity (Wildman–Crippen MR) is 64.6 cm³/mol. The van der Waals surface area contributed by atoms with Gasteiger partial charge in [-0.3, -0.25) is 4.79 Å². The van der Waals surface area contributed by atoms with Gasteiger partial charge < -0.3 is 21.1 Å². The van der Waals surface area contributed by atoms with Crippen molar-refractivity contribution in [2.24, 2.45) is 0 Å². The van der Waals surface area contributed by atoms with Gasteiger partial charge in [0.2, 0.25) is 0 Å². The van der Waals surface area contributed by atoms with E-state index in [1.165, 1.54) is 0 Å². The molecule has 0 unspecified atom stereocenters. The summed E-state index contributed by atoms with van der Waals surface area (Å²) in [6.45, 7) is 0.566. The number of amides is 1. The summed E-state index contributed by atoms with van der Waals surface area (Å²) in [5, 5.41) is 11.4. The van der Waals surface area contributed by atoms with Crippen LogP contribution >= 0.6 is 0 Å². The lowest BCUT2D eigenvalue weighted by molar-refractivity contribution is 0.0963. The van der Waals surface area contributed by atoms with Gasteiger partial charge in [-0.15, -0.1) is 0 Å². The molecule has 0 fully saturated rings. The number of carbonyl (C=O) groups excluding carboxylic acids is 1. The number of nitrogens with zero attached hydrogens (tertiary/aromatic N) is 1. The molecule has 16 heavy (non-hydrogen) atoms. The van der Waals surface area contributed by atoms with Crippen LogP contribution in [-0.4, -0.2) is 38.3 Å². The van der Waals surface area contributed by atoms with Crippen LogP contribution in [0.4, 0.5) is 11.4 Å². The third-order valence-corrected chi connectivity index (χ3v) is 2.36. The molecule has 0 spiro atoms. The Labute approximate surface area is 94.9 Å². The molecule has 0 heterocycles. The number of nitrogen functional groups attached to an aromatic ring is 1. The standard InChI is InChI=1S/C11H17N3O2/c1-13-11(16)8-3-4-10(9(12)7-8)14(2)5-6-15/h3-4,7,15H,5-6,12H2,1-2H3,(H,13,16). The average Bonchev–Trinajstić information content (AvgIpc) is 2.28. The van der Waals surface area contributed by atoms with Crippen molar-refractivity contribution in [2.75, 3.05) is 37.9 Å². The molecule has 1 aromatic rings. The van der Waals surface area contributed by atoms with E-state index in [1.807, 2.05) is 11.9 Å². The first-order valence-electron chi connectivity index (χ1n) is 5.03. The number of hydrogen-bond donors (Lipinski definition) is 3. The van der Waals surface area contributed by atoms with Crippen molar-refractivity contribution in [3.8, 4) is 0 Å². The predicted octanol–water partition coefficient (Wildman–Crippen LogP) is 0.0569. The Morgan fingerprint density at radius 2 is 2.25 bits per heavy atom. The Bertz CT molecular complexity index is 379. The van der Waals surface area contributed by atoms with Crippen LogP contribution in [0.3, 0.4) is 0 Å². The summed E-state index contributed by atoms with van der Waals surface area (Å²) in [6.07, 6.45) is 0. The summed E-state index contributed by atoms with van der Waals surface area (Å²) in [4.78, 5) is 13.2. The maximum Gasteiger partial charge on any atom is 0.251 e. The second-order valence-electron chi connectivity index (χ2n) is 3.50. The number of benzene rings is 1. The fourth-order valence-electron chi connectivity index (χ4n) is 1.46. The van der Waals surface area contributed by atoms with Crippen LogP contribution in [0, 0.1) is 0 Å². The van der Waals surface area contributed by atoms with Gasteiger partial charge in [-0.05, 0) is 18.2 Å². The van der Waals surface area contributed by atoms with Crippen LogP contribution in [0.5, 0.6) is 0 Å².